The molecule has 1 aromatic carbocycles. The Bertz CT molecular complexity index is 881. The number of nitrogens with one attached hydrogen (secondary N) is 1. The predicted octanol–water partition coefficient (Wildman–Crippen LogP) is 3.55. The summed E-state index contributed by atoms with van der Waals surface area (Å²) in [5.74, 6) is -1.24. The van der Waals surface area contributed by atoms with Crippen LogP contribution in [0.2, 0.25) is 0 Å². The number of rotatable bonds is 5. The Labute approximate surface area is 149 Å². The number of carbonyl (C=O) groups excluding carboxylic acids is 3. The number of ether oxygens (including phenoxy) is 1. The number of hydrogen-bond donors (Lipinski definition) is 1. The van der Waals surface area contributed by atoms with Crippen molar-refractivity contribution in [3.05, 3.63) is 57.3 Å². The van der Waals surface area contributed by atoms with E-state index in [0.717, 1.165) is 21.7 Å². The standard InChI is InChI=1S/C19H17NO4S/c1-11-7-8-25-17(11)5-6-18(22)24-10-16(21)13-3-4-15-14(9-13)12(2)19(23)20-15/h3-9,12H,10H2,1-2H3,(H,20,23)/b6-5+/t12-/m0/s1. The maximum atomic E-state index is 12.2. The molecular formula is C19H17NO4S. The van der Waals surface area contributed by atoms with Gasteiger partial charge in [0.1, 0.15) is 0 Å². The van der Waals surface area contributed by atoms with Crippen molar-refractivity contribution in [1.82, 2.24) is 0 Å². The third-order valence-electron chi connectivity index (χ3n) is 4.11. The molecule has 0 spiro atoms. The fraction of sp³-hybridized carbons (Fsp3) is 0.211. The molecule has 1 aliphatic heterocycles. The Hall–Kier alpha value is -2.73. The monoisotopic (exact) mass is 355 g/mol. The van der Waals surface area contributed by atoms with Crippen LogP contribution in [0.5, 0.6) is 0 Å². The third kappa shape index (κ3) is 3.69. The molecule has 0 saturated heterocycles. The smallest absolute Gasteiger partial charge is 0.331 e. The van der Waals surface area contributed by atoms with Crippen molar-refractivity contribution in [3.8, 4) is 0 Å². The van der Waals surface area contributed by atoms with Gasteiger partial charge in [-0.3, -0.25) is 9.59 Å². The second-order valence-corrected chi connectivity index (χ2v) is 6.79. The summed E-state index contributed by atoms with van der Waals surface area (Å²) in [6.07, 6.45) is 3.00. The summed E-state index contributed by atoms with van der Waals surface area (Å²) in [5.41, 5.74) is 3.02. The molecule has 6 heteroatoms. The minimum atomic E-state index is -0.562. The highest BCUT2D eigenvalue weighted by Gasteiger charge is 2.27. The normalized spacial score (nSPS) is 15.9. The zero-order valence-corrected chi connectivity index (χ0v) is 14.7. The summed E-state index contributed by atoms with van der Waals surface area (Å²) in [7, 11) is 0. The molecule has 0 bridgehead atoms. The van der Waals surface area contributed by atoms with Gasteiger partial charge in [0.2, 0.25) is 5.91 Å². The van der Waals surface area contributed by atoms with Crippen molar-refractivity contribution >= 4 is 40.8 Å². The second-order valence-electron chi connectivity index (χ2n) is 5.85. The Morgan fingerprint density at radius 2 is 2.12 bits per heavy atom. The van der Waals surface area contributed by atoms with Crippen LogP contribution in [0.3, 0.4) is 0 Å². The van der Waals surface area contributed by atoms with Crippen LogP contribution in [-0.4, -0.2) is 24.3 Å². The van der Waals surface area contributed by atoms with E-state index in [2.05, 4.69) is 5.32 Å². The van der Waals surface area contributed by atoms with Crippen molar-refractivity contribution in [2.75, 3.05) is 11.9 Å². The van der Waals surface area contributed by atoms with Gasteiger partial charge in [-0.1, -0.05) is 0 Å². The molecule has 128 valence electrons. The molecule has 2 aromatic rings. The Balaban J connectivity index is 1.60. The van der Waals surface area contributed by atoms with Gasteiger partial charge in [0, 0.05) is 22.2 Å². The lowest BCUT2D eigenvalue weighted by molar-refractivity contribution is -0.136. The third-order valence-corrected chi connectivity index (χ3v) is 5.09. The highest BCUT2D eigenvalue weighted by Crippen LogP contribution is 2.32. The first-order valence-electron chi connectivity index (χ1n) is 7.82. The number of benzene rings is 1. The predicted molar refractivity (Wildman–Crippen MR) is 96.9 cm³/mol. The fourth-order valence-electron chi connectivity index (χ4n) is 2.56. The van der Waals surface area contributed by atoms with Gasteiger partial charge in [-0.15, -0.1) is 11.3 Å². The van der Waals surface area contributed by atoms with Crippen LogP contribution >= 0.6 is 11.3 Å². The van der Waals surface area contributed by atoms with Gasteiger partial charge in [0.25, 0.3) is 0 Å². The van der Waals surface area contributed by atoms with Crippen LogP contribution in [0.1, 0.15) is 39.2 Å². The highest BCUT2D eigenvalue weighted by molar-refractivity contribution is 7.11. The first kappa shape index (κ1) is 17.1. The van der Waals surface area contributed by atoms with Gasteiger partial charge in [-0.25, -0.2) is 4.79 Å². The molecule has 3 rings (SSSR count). The van der Waals surface area contributed by atoms with E-state index >= 15 is 0 Å². The SMILES string of the molecule is Cc1ccsc1/C=C/C(=O)OCC(=O)c1ccc2c(c1)[C@H](C)C(=O)N2. The molecule has 0 radical (unpaired) electrons. The largest absolute Gasteiger partial charge is 0.454 e. The fourth-order valence-corrected chi connectivity index (χ4v) is 3.38. The van der Waals surface area contributed by atoms with Crippen LogP contribution in [0, 0.1) is 6.92 Å². The van der Waals surface area contributed by atoms with Crippen molar-refractivity contribution in [2.24, 2.45) is 0 Å². The van der Waals surface area contributed by atoms with E-state index in [1.807, 2.05) is 18.4 Å². The number of esters is 1. The molecule has 25 heavy (non-hydrogen) atoms. The van der Waals surface area contributed by atoms with Gasteiger partial charge in [0.15, 0.2) is 12.4 Å². The van der Waals surface area contributed by atoms with E-state index in [1.54, 1.807) is 31.2 Å². The van der Waals surface area contributed by atoms with Crippen LogP contribution < -0.4 is 5.32 Å². The number of anilines is 1. The van der Waals surface area contributed by atoms with Crippen molar-refractivity contribution in [3.63, 3.8) is 0 Å². The second kappa shape index (κ2) is 7.03. The van der Waals surface area contributed by atoms with E-state index in [-0.39, 0.29) is 24.2 Å². The van der Waals surface area contributed by atoms with E-state index in [9.17, 15) is 14.4 Å². The van der Waals surface area contributed by atoms with Gasteiger partial charge in [0.05, 0.1) is 5.92 Å². The molecule has 0 fully saturated rings. The summed E-state index contributed by atoms with van der Waals surface area (Å²) < 4.78 is 5.01. The Morgan fingerprint density at radius 1 is 1.32 bits per heavy atom. The number of fused-ring (bicyclic) bond motifs is 1. The van der Waals surface area contributed by atoms with E-state index < -0.39 is 5.97 Å². The number of amides is 1. The summed E-state index contributed by atoms with van der Waals surface area (Å²) in [5, 5.41) is 4.70. The van der Waals surface area contributed by atoms with Gasteiger partial charge >= 0.3 is 5.97 Å². The highest BCUT2D eigenvalue weighted by atomic mass is 32.1. The first-order chi connectivity index (χ1) is 12.0. The zero-order chi connectivity index (χ0) is 18.0. The molecule has 0 unspecified atom stereocenters. The topological polar surface area (TPSA) is 72.5 Å². The van der Waals surface area contributed by atoms with Crippen molar-refractivity contribution < 1.29 is 19.1 Å². The Kier molecular flexibility index (Phi) is 4.81. The van der Waals surface area contributed by atoms with Gasteiger partial charge < -0.3 is 10.1 Å². The number of Topliss-reactive ketones (excluding diaryl/α,β-unsaturated/α-hetero) is 1. The number of carbonyl (C=O) groups is 3. The number of aryl methyl sites for hydroxylation is 1. The number of ketones is 1. The van der Waals surface area contributed by atoms with Crippen LogP contribution in [0.4, 0.5) is 5.69 Å². The lowest BCUT2D eigenvalue weighted by Crippen LogP contribution is -2.13. The summed E-state index contributed by atoms with van der Waals surface area (Å²) in [6, 6.07) is 6.97. The van der Waals surface area contributed by atoms with Crippen molar-refractivity contribution in [2.45, 2.75) is 19.8 Å². The molecule has 1 aromatic heterocycles. The van der Waals surface area contributed by atoms with Crippen LogP contribution in [-0.2, 0) is 14.3 Å². The quantitative estimate of drug-likeness (QED) is 0.506. The van der Waals surface area contributed by atoms with E-state index in [4.69, 9.17) is 4.74 Å². The number of hydrogen-bond acceptors (Lipinski definition) is 5. The van der Waals surface area contributed by atoms with Crippen LogP contribution in [0.25, 0.3) is 6.08 Å². The van der Waals surface area contributed by atoms with Gasteiger partial charge in [-0.05, 0) is 60.7 Å². The molecule has 2 heterocycles. The lowest BCUT2D eigenvalue weighted by atomic mass is 9.99. The zero-order valence-electron chi connectivity index (χ0n) is 13.9. The molecule has 0 aliphatic carbocycles. The summed E-state index contributed by atoms with van der Waals surface area (Å²) in [6.45, 7) is 3.41. The average Bonchev–Trinajstić information content (AvgIpc) is 3.14. The molecule has 1 amide bonds. The van der Waals surface area contributed by atoms with E-state index in [0.29, 0.717) is 5.56 Å². The first-order valence-corrected chi connectivity index (χ1v) is 8.70. The molecule has 1 aliphatic rings. The minimum Gasteiger partial charge on any atom is -0.454 e. The summed E-state index contributed by atoms with van der Waals surface area (Å²) in [4.78, 5) is 36.6. The molecule has 0 saturated carbocycles. The van der Waals surface area contributed by atoms with Crippen molar-refractivity contribution in [1.29, 1.82) is 0 Å². The lowest BCUT2D eigenvalue weighted by Gasteiger charge is -2.06. The molecular weight excluding hydrogens is 338 g/mol. The van der Waals surface area contributed by atoms with E-state index in [1.165, 1.54) is 17.4 Å². The van der Waals surface area contributed by atoms with Crippen LogP contribution in [0.15, 0.2) is 35.7 Å². The number of thiophene rings is 1. The Morgan fingerprint density at radius 3 is 2.84 bits per heavy atom. The summed E-state index contributed by atoms with van der Waals surface area (Å²) >= 11 is 1.53. The maximum Gasteiger partial charge on any atom is 0.331 e. The minimum absolute atomic E-state index is 0.0833. The average molecular weight is 355 g/mol. The maximum absolute atomic E-state index is 12.2. The molecule has 1 atom stereocenters. The van der Waals surface area contributed by atoms with Gasteiger partial charge in [-0.2, -0.15) is 0 Å². The molecule has 5 nitrogen and oxygen atoms in total. The molecule has 1 N–H and O–H groups in total.